The van der Waals surface area contributed by atoms with Crippen molar-refractivity contribution in [3.63, 3.8) is 0 Å². The lowest BCUT2D eigenvalue weighted by Gasteiger charge is -2.14. The van der Waals surface area contributed by atoms with E-state index in [-0.39, 0.29) is 0 Å². The maximum absolute atomic E-state index is 10.4. The highest BCUT2D eigenvalue weighted by Crippen LogP contribution is 2.25. The van der Waals surface area contributed by atoms with E-state index in [0.29, 0.717) is 12.3 Å². The van der Waals surface area contributed by atoms with Crippen molar-refractivity contribution in [2.45, 2.75) is 44.9 Å². The number of carboxylic acids is 1. The fraction of sp³-hybridized carbons (Fsp3) is 0.500. The number of aliphatic carboxylic acids is 1. The van der Waals surface area contributed by atoms with Gasteiger partial charge in [0.2, 0.25) is 0 Å². The van der Waals surface area contributed by atoms with E-state index in [1.807, 2.05) is 6.07 Å². The molecule has 0 amide bonds. The van der Waals surface area contributed by atoms with Crippen LogP contribution in [0.5, 0.6) is 0 Å². The molecule has 0 heterocycles. The highest BCUT2D eigenvalue weighted by atomic mass is 16.4. The van der Waals surface area contributed by atoms with E-state index in [9.17, 15) is 4.79 Å². The van der Waals surface area contributed by atoms with Crippen LogP contribution in [0.25, 0.3) is 0 Å². The smallest absolute Gasteiger partial charge is 0.303 e. The second-order valence-corrected chi connectivity index (χ2v) is 4.16. The summed E-state index contributed by atoms with van der Waals surface area (Å²) in [6, 6.07) is 10.5. The summed E-state index contributed by atoms with van der Waals surface area (Å²) in [5.41, 5.74) is 1.38. The molecule has 0 bridgehead atoms. The Bertz CT molecular complexity index is 306. The number of hydrogen-bond donors (Lipinski definition) is 1. The lowest BCUT2D eigenvalue weighted by molar-refractivity contribution is -0.137. The minimum absolute atomic E-state index is 0.297. The molecule has 0 fully saturated rings. The maximum atomic E-state index is 10.4. The predicted molar refractivity (Wildman–Crippen MR) is 65.6 cm³/mol. The molecule has 1 unspecified atom stereocenters. The molecule has 2 nitrogen and oxygen atoms in total. The van der Waals surface area contributed by atoms with Gasteiger partial charge in [-0.3, -0.25) is 4.79 Å². The molecule has 0 saturated carbocycles. The Labute approximate surface area is 97.3 Å². The normalized spacial score (nSPS) is 12.3. The second kappa shape index (κ2) is 7.04. The minimum Gasteiger partial charge on any atom is -0.481 e. The van der Waals surface area contributed by atoms with Gasteiger partial charge in [-0.1, -0.05) is 43.7 Å². The Morgan fingerprint density at radius 2 is 1.94 bits per heavy atom. The van der Waals surface area contributed by atoms with Gasteiger partial charge in [-0.05, 0) is 30.7 Å². The summed E-state index contributed by atoms with van der Waals surface area (Å²) in [7, 11) is 0. The van der Waals surface area contributed by atoms with Gasteiger partial charge in [0.25, 0.3) is 0 Å². The largest absolute Gasteiger partial charge is 0.481 e. The number of carbonyl (C=O) groups is 1. The fourth-order valence-corrected chi connectivity index (χ4v) is 2.00. The average molecular weight is 220 g/mol. The van der Waals surface area contributed by atoms with Gasteiger partial charge in [-0.25, -0.2) is 0 Å². The van der Waals surface area contributed by atoms with Crippen molar-refractivity contribution in [3.05, 3.63) is 35.9 Å². The molecule has 1 aromatic carbocycles. The first kappa shape index (κ1) is 12.8. The van der Waals surface area contributed by atoms with E-state index in [1.54, 1.807) is 0 Å². The molecule has 0 aliphatic carbocycles. The number of benzene rings is 1. The van der Waals surface area contributed by atoms with Crippen molar-refractivity contribution in [1.82, 2.24) is 0 Å². The van der Waals surface area contributed by atoms with Gasteiger partial charge in [0.1, 0.15) is 0 Å². The van der Waals surface area contributed by atoms with Gasteiger partial charge in [0.15, 0.2) is 0 Å². The first-order valence-electron chi connectivity index (χ1n) is 6.00. The van der Waals surface area contributed by atoms with Gasteiger partial charge in [0.05, 0.1) is 0 Å². The van der Waals surface area contributed by atoms with E-state index in [2.05, 4.69) is 31.2 Å². The molecular weight excluding hydrogens is 200 g/mol. The molecule has 0 radical (unpaired) electrons. The number of hydrogen-bond acceptors (Lipinski definition) is 1. The van der Waals surface area contributed by atoms with Gasteiger partial charge in [-0.2, -0.15) is 0 Å². The third kappa shape index (κ3) is 4.47. The van der Waals surface area contributed by atoms with Crippen molar-refractivity contribution < 1.29 is 9.90 Å². The van der Waals surface area contributed by atoms with Crippen LogP contribution >= 0.6 is 0 Å². The molecule has 0 saturated heterocycles. The first-order chi connectivity index (χ1) is 7.74. The van der Waals surface area contributed by atoms with Crippen LogP contribution in [0.4, 0.5) is 0 Å². The number of carboxylic acid groups (broad SMARTS) is 1. The van der Waals surface area contributed by atoms with Crippen LogP contribution in [-0.2, 0) is 4.79 Å². The van der Waals surface area contributed by atoms with E-state index in [4.69, 9.17) is 5.11 Å². The molecule has 0 aliphatic rings. The molecule has 16 heavy (non-hydrogen) atoms. The highest BCUT2D eigenvalue weighted by molar-refractivity contribution is 5.66. The van der Waals surface area contributed by atoms with Crippen molar-refractivity contribution in [3.8, 4) is 0 Å². The zero-order valence-corrected chi connectivity index (χ0v) is 9.86. The summed E-state index contributed by atoms with van der Waals surface area (Å²) >= 11 is 0. The first-order valence-corrected chi connectivity index (χ1v) is 6.00. The Kier molecular flexibility index (Phi) is 5.62. The number of rotatable bonds is 7. The van der Waals surface area contributed by atoms with Gasteiger partial charge in [0, 0.05) is 6.42 Å². The second-order valence-electron chi connectivity index (χ2n) is 4.16. The standard InChI is InChI=1S/C14H20O2/c1-2-12(8-6-7-11-14(15)16)13-9-4-3-5-10-13/h3-5,9-10,12H,2,6-8,11H2,1H3,(H,15,16). The minimum atomic E-state index is -0.687. The zero-order valence-electron chi connectivity index (χ0n) is 9.86. The highest BCUT2D eigenvalue weighted by Gasteiger charge is 2.08. The number of unbranched alkanes of at least 4 members (excludes halogenated alkanes) is 1. The van der Waals surface area contributed by atoms with Crippen LogP contribution in [0.1, 0.15) is 50.5 Å². The zero-order chi connectivity index (χ0) is 11.8. The van der Waals surface area contributed by atoms with Crippen molar-refractivity contribution in [2.24, 2.45) is 0 Å². The van der Waals surface area contributed by atoms with Crippen LogP contribution in [0.2, 0.25) is 0 Å². The Morgan fingerprint density at radius 3 is 2.50 bits per heavy atom. The summed E-state index contributed by atoms with van der Waals surface area (Å²) in [5, 5.41) is 8.55. The van der Waals surface area contributed by atoms with Crippen LogP contribution in [0, 0.1) is 0 Å². The Morgan fingerprint density at radius 1 is 1.25 bits per heavy atom. The molecular formula is C14H20O2. The summed E-state index contributed by atoms with van der Waals surface area (Å²) in [6.07, 6.45) is 4.30. The molecule has 88 valence electrons. The molecule has 0 aromatic heterocycles. The maximum Gasteiger partial charge on any atom is 0.303 e. The van der Waals surface area contributed by atoms with Crippen molar-refractivity contribution in [2.75, 3.05) is 0 Å². The van der Waals surface area contributed by atoms with Gasteiger partial charge < -0.3 is 5.11 Å². The van der Waals surface area contributed by atoms with Crippen LogP contribution in [0.15, 0.2) is 30.3 Å². The monoisotopic (exact) mass is 220 g/mol. The summed E-state index contributed by atoms with van der Waals surface area (Å²) in [6.45, 7) is 2.19. The van der Waals surface area contributed by atoms with E-state index in [1.165, 1.54) is 5.56 Å². The average Bonchev–Trinajstić information content (AvgIpc) is 2.30. The molecule has 1 atom stereocenters. The molecule has 0 spiro atoms. The Hall–Kier alpha value is -1.31. The predicted octanol–water partition coefficient (Wildman–Crippen LogP) is 3.83. The SMILES string of the molecule is CCC(CCCCC(=O)O)c1ccccc1. The van der Waals surface area contributed by atoms with E-state index < -0.39 is 5.97 Å². The third-order valence-corrected chi connectivity index (χ3v) is 2.96. The van der Waals surface area contributed by atoms with Crippen LogP contribution in [-0.4, -0.2) is 11.1 Å². The summed E-state index contributed by atoms with van der Waals surface area (Å²) < 4.78 is 0. The van der Waals surface area contributed by atoms with Gasteiger partial charge in [-0.15, -0.1) is 0 Å². The van der Waals surface area contributed by atoms with Gasteiger partial charge >= 0.3 is 5.97 Å². The molecule has 1 N–H and O–H groups in total. The lowest BCUT2D eigenvalue weighted by atomic mass is 9.91. The Balaban J connectivity index is 2.35. The molecule has 2 heteroatoms. The summed E-state index contributed by atoms with van der Waals surface area (Å²) in [4.78, 5) is 10.4. The lowest BCUT2D eigenvalue weighted by Crippen LogP contribution is -1.99. The van der Waals surface area contributed by atoms with E-state index >= 15 is 0 Å². The summed E-state index contributed by atoms with van der Waals surface area (Å²) in [5.74, 6) is -0.109. The van der Waals surface area contributed by atoms with Crippen LogP contribution in [0.3, 0.4) is 0 Å². The molecule has 1 rings (SSSR count). The quantitative estimate of drug-likeness (QED) is 0.709. The topological polar surface area (TPSA) is 37.3 Å². The van der Waals surface area contributed by atoms with Crippen LogP contribution < -0.4 is 0 Å². The molecule has 1 aromatic rings. The third-order valence-electron chi connectivity index (χ3n) is 2.96. The molecule has 0 aliphatic heterocycles. The van der Waals surface area contributed by atoms with Crippen molar-refractivity contribution in [1.29, 1.82) is 0 Å². The van der Waals surface area contributed by atoms with E-state index in [0.717, 1.165) is 25.7 Å². The fourth-order valence-electron chi connectivity index (χ4n) is 2.00. The van der Waals surface area contributed by atoms with Crippen molar-refractivity contribution >= 4 is 5.97 Å².